The normalized spacial score (nSPS) is 11.8. The number of nitrogens with one attached hydrogen (secondary N) is 1. The molecule has 0 fully saturated rings. The van der Waals surface area contributed by atoms with E-state index in [0.29, 0.717) is 22.1 Å². The van der Waals surface area contributed by atoms with E-state index in [1.807, 2.05) is 42.5 Å². The van der Waals surface area contributed by atoms with Crippen LogP contribution in [-0.4, -0.2) is 31.3 Å². The van der Waals surface area contributed by atoms with Gasteiger partial charge in [-0.3, -0.25) is 4.79 Å². The van der Waals surface area contributed by atoms with Gasteiger partial charge in [0, 0.05) is 5.39 Å². The van der Waals surface area contributed by atoms with Crippen LogP contribution in [-0.2, 0) is 4.79 Å². The fourth-order valence-electron chi connectivity index (χ4n) is 3.43. The topological polar surface area (TPSA) is 86.2 Å². The minimum atomic E-state index is -0.777. The van der Waals surface area contributed by atoms with Crippen LogP contribution in [0.25, 0.3) is 10.8 Å². The largest absolute Gasteiger partial charge is 0.493 e. The van der Waals surface area contributed by atoms with Crippen LogP contribution in [0.15, 0.2) is 84.0 Å². The molecule has 4 aromatic rings. The van der Waals surface area contributed by atoms with Crippen molar-refractivity contribution >= 4 is 52.1 Å². The van der Waals surface area contributed by atoms with Crippen molar-refractivity contribution in [3.8, 4) is 17.2 Å². The highest BCUT2D eigenvalue weighted by Crippen LogP contribution is 2.30. The fraction of sp³-hybridized carbons (Fsp3) is 0.107. The second kappa shape index (κ2) is 11.8. The maximum Gasteiger partial charge on any atom is 0.343 e. The lowest BCUT2D eigenvalue weighted by atomic mass is 10.1. The van der Waals surface area contributed by atoms with Gasteiger partial charge < -0.3 is 14.2 Å². The standard InChI is InChI=1S/C28H22Cl2N2O5/c1-17(36-24-9-5-7-19-6-3-4-8-21(19)24)27(33)32-31-16-18-10-13-25(26(14-18)35-2)37-28(34)20-11-12-22(29)23(30)15-20/h3-17H,1-2H3,(H,32,33)/b31-16-/t17-/m1/s1. The van der Waals surface area contributed by atoms with Crippen LogP contribution in [0.3, 0.4) is 0 Å². The van der Waals surface area contributed by atoms with Gasteiger partial charge >= 0.3 is 5.97 Å². The van der Waals surface area contributed by atoms with Crippen LogP contribution in [0, 0.1) is 0 Å². The Morgan fingerprint density at radius 1 is 0.892 bits per heavy atom. The van der Waals surface area contributed by atoms with E-state index in [2.05, 4.69) is 10.5 Å². The molecule has 0 saturated carbocycles. The Morgan fingerprint density at radius 3 is 2.46 bits per heavy atom. The molecule has 1 N–H and O–H groups in total. The van der Waals surface area contributed by atoms with Gasteiger partial charge in [0.15, 0.2) is 17.6 Å². The van der Waals surface area contributed by atoms with Crippen molar-refractivity contribution in [2.45, 2.75) is 13.0 Å². The van der Waals surface area contributed by atoms with Crippen LogP contribution >= 0.6 is 23.2 Å². The molecule has 37 heavy (non-hydrogen) atoms. The number of carbonyl (C=O) groups excluding carboxylic acids is 2. The van der Waals surface area contributed by atoms with Gasteiger partial charge in [-0.2, -0.15) is 5.10 Å². The van der Waals surface area contributed by atoms with Crippen molar-refractivity contribution < 1.29 is 23.8 Å². The Labute approximate surface area is 223 Å². The van der Waals surface area contributed by atoms with Gasteiger partial charge in [0.25, 0.3) is 5.91 Å². The lowest BCUT2D eigenvalue weighted by Gasteiger charge is -2.14. The molecule has 4 rings (SSSR count). The summed E-state index contributed by atoms with van der Waals surface area (Å²) in [6.45, 7) is 1.65. The van der Waals surface area contributed by atoms with E-state index in [9.17, 15) is 9.59 Å². The van der Waals surface area contributed by atoms with Crippen molar-refractivity contribution in [1.29, 1.82) is 0 Å². The number of fused-ring (bicyclic) bond motifs is 1. The second-order valence-electron chi connectivity index (χ2n) is 7.90. The molecule has 1 atom stereocenters. The Balaban J connectivity index is 1.38. The van der Waals surface area contributed by atoms with E-state index in [1.54, 1.807) is 25.1 Å². The number of carbonyl (C=O) groups is 2. The average molecular weight is 537 g/mol. The summed E-state index contributed by atoms with van der Waals surface area (Å²) in [5.74, 6) is 0.0859. The summed E-state index contributed by atoms with van der Waals surface area (Å²) in [4.78, 5) is 25.0. The summed E-state index contributed by atoms with van der Waals surface area (Å²) >= 11 is 11.9. The van der Waals surface area contributed by atoms with Crippen molar-refractivity contribution in [2.75, 3.05) is 7.11 Å². The van der Waals surface area contributed by atoms with Crippen molar-refractivity contribution in [3.63, 3.8) is 0 Å². The smallest absolute Gasteiger partial charge is 0.343 e. The number of nitrogens with zero attached hydrogens (tertiary/aromatic N) is 1. The lowest BCUT2D eigenvalue weighted by Crippen LogP contribution is -2.33. The van der Waals surface area contributed by atoms with Gasteiger partial charge in [-0.25, -0.2) is 10.2 Å². The second-order valence-corrected chi connectivity index (χ2v) is 8.71. The Hall–Kier alpha value is -4.07. The number of rotatable bonds is 8. The molecule has 0 aromatic heterocycles. The molecule has 188 valence electrons. The zero-order valence-corrected chi connectivity index (χ0v) is 21.4. The van der Waals surface area contributed by atoms with Gasteiger partial charge in [-0.15, -0.1) is 0 Å². The molecular formula is C28H22Cl2N2O5. The van der Waals surface area contributed by atoms with Gasteiger partial charge in [-0.05, 0) is 60.3 Å². The minimum Gasteiger partial charge on any atom is -0.493 e. The average Bonchev–Trinajstić information content (AvgIpc) is 2.91. The number of benzene rings is 4. The van der Waals surface area contributed by atoms with Crippen LogP contribution in [0.4, 0.5) is 0 Å². The molecule has 0 aliphatic carbocycles. The maximum atomic E-state index is 12.5. The number of hydrogen-bond donors (Lipinski definition) is 1. The molecule has 9 heteroatoms. The highest BCUT2D eigenvalue weighted by Gasteiger charge is 2.16. The molecule has 0 radical (unpaired) electrons. The van der Waals surface area contributed by atoms with Crippen molar-refractivity contribution in [2.24, 2.45) is 5.10 Å². The fourth-order valence-corrected chi connectivity index (χ4v) is 3.73. The zero-order chi connectivity index (χ0) is 26.4. The number of esters is 1. The number of halogens is 2. The van der Waals surface area contributed by atoms with Crippen molar-refractivity contribution in [1.82, 2.24) is 5.43 Å². The lowest BCUT2D eigenvalue weighted by molar-refractivity contribution is -0.127. The third-order valence-corrected chi connectivity index (χ3v) is 6.10. The predicted molar refractivity (Wildman–Crippen MR) is 144 cm³/mol. The number of hydrazone groups is 1. The van der Waals surface area contributed by atoms with E-state index in [0.717, 1.165) is 10.8 Å². The van der Waals surface area contributed by atoms with Gasteiger partial charge in [-0.1, -0.05) is 59.6 Å². The Morgan fingerprint density at radius 2 is 1.68 bits per heavy atom. The molecule has 0 aliphatic heterocycles. The third-order valence-electron chi connectivity index (χ3n) is 5.36. The van der Waals surface area contributed by atoms with E-state index >= 15 is 0 Å². The molecule has 0 saturated heterocycles. The van der Waals surface area contributed by atoms with Crippen LogP contribution in [0.1, 0.15) is 22.8 Å². The van der Waals surface area contributed by atoms with Gasteiger partial charge in [0.2, 0.25) is 0 Å². The molecule has 0 unspecified atom stereocenters. The zero-order valence-electron chi connectivity index (χ0n) is 19.9. The summed E-state index contributed by atoms with van der Waals surface area (Å²) < 4.78 is 16.6. The first kappa shape index (κ1) is 26.0. The first-order valence-electron chi connectivity index (χ1n) is 11.2. The molecule has 7 nitrogen and oxygen atoms in total. The first-order chi connectivity index (χ1) is 17.9. The van der Waals surface area contributed by atoms with E-state index in [-0.39, 0.29) is 16.3 Å². The number of ether oxygens (including phenoxy) is 3. The molecule has 0 spiro atoms. The van der Waals surface area contributed by atoms with E-state index < -0.39 is 18.0 Å². The summed E-state index contributed by atoms with van der Waals surface area (Å²) in [7, 11) is 1.45. The summed E-state index contributed by atoms with van der Waals surface area (Å²) in [5.41, 5.74) is 3.32. The Kier molecular flexibility index (Phi) is 8.28. The minimum absolute atomic E-state index is 0.205. The van der Waals surface area contributed by atoms with Crippen molar-refractivity contribution in [3.05, 3.63) is 100 Å². The molecule has 0 aliphatic rings. The quantitative estimate of drug-likeness (QED) is 0.124. The monoisotopic (exact) mass is 536 g/mol. The highest BCUT2D eigenvalue weighted by atomic mass is 35.5. The number of amides is 1. The summed E-state index contributed by atoms with van der Waals surface area (Å²) in [6, 6.07) is 22.7. The highest BCUT2D eigenvalue weighted by molar-refractivity contribution is 6.42. The summed E-state index contributed by atoms with van der Waals surface area (Å²) in [5, 5.41) is 6.52. The van der Waals surface area contributed by atoms with Gasteiger partial charge in [0.05, 0.1) is 28.9 Å². The first-order valence-corrected chi connectivity index (χ1v) is 11.9. The predicted octanol–water partition coefficient (Wildman–Crippen LogP) is 6.29. The molecule has 0 heterocycles. The SMILES string of the molecule is COc1cc(/C=N\NC(=O)[C@@H](C)Oc2cccc3ccccc23)ccc1OC(=O)c1ccc(Cl)c(Cl)c1. The maximum absolute atomic E-state index is 12.5. The van der Waals surface area contributed by atoms with Crippen LogP contribution in [0.5, 0.6) is 17.2 Å². The number of hydrogen-bond acceptors (Lipinski definition) is 6. The summed E-state index contributed by atoms with van der Waals surface area (Å²) in [6.07, 6.45) is 0.663. The number of methoxy groups -OCH3 is 1. The van der Waals surface area contributed by atoms with Crippen LogP contribution in [0.2, 0.25) is 10.0 Å². The van der Waals surface area contributed by atoms with E-state index in [4.69, 9.17) is 37.4 Å². The molecule has 0 bridgehead atoms. The molecular weight excluding hydrogens is 515 g/mol. The molecule has 4 aromatic carbocycles. The van der Waals surface area contributed by atoms with Crippen LogP contribution < -0.4 is 19.6 Å². The third kappa shape index (κ3) is 6.39. The van der Waals surface area contributed by atoms with Gasteiger partial charge in [0.1, 0.15) is 5.75 Å². The van der Waals surface area contributed by atoms with E-state index in [1.165, 1.54) is 31.5 Å². The molecule has 1 amide bonds. The Bertz CT molecular complexity index is 1480.